The third-order valence-corrected chi connectivity index (χ3v) is 4.98. The summed E-state index contributed by atoms with van der Waals surface area (Å²) in [6.45, 7) is 3.85. The van der Waals surface area contributed by atoms with Gasteiger partial charge in [-0.15, -0.1) is 10.2 Å². The number of nitrogens with one attached hydrogen (secondary N) is 2. The van der Waals surface area contributed by atoms with Crippen molar-refractivity contribution in [3.8, 4) is 0 Å². The Balaban J connectivity index is 1.76. The van der Waals surface area contributed by atoms with Crippen LogP contribution in [0.15, 0.2) is 24.3 Å². The van der Waals surface area contributed by atoms with Crippen LogP contribution in [-0.4, -0.2) is 30.0 Å². The van der Waals surface area contributed by atoms with E-state index >= 15 is 0 Å². The van der Waals surface area contributed by atoms with Gasteiger partial charge in [-0.3, -0.25) is 0 Å². The van der Waals surface area contributed by atoms with Crippen molar-refractivity contribution in [2.75, 3.05) is 30.4 Å². The van der Waals surface area contributed by atoms with Gasteiger partial charge in [0.15, 0.2) is 11.0 Å². The molecule has 2 aromatic rings. The highest BCUT2D eigenvalue weighted by Gasteiger charge is 2.21. The molecule has 0 saturated carbocycles. The molecule has 1 saturated heterocycles. The molecule has 1 aliphatic rings. The number of hydrogen-bond donors (Lipinski definition) is 2. The van der Waals surface area contributed by atoms with Gasteiger partial charge in [0.1, 0.15) is 5.82 Å². The summed E-state index contributed by atoms with van der Waals surface area (Å²) in [5, 5.41) is 14.5. The molecule has 1 fully saturated rings. The molecule has 0 unspecified atom stereocenters. The van der Waals surface area contributed by atoms with Crippen LogP contribution in [0.1, 0.15) is 43.4 Å². The zero-order chi connectivity index (χ0) is 20.1. The van der Waals surface area contributed by atoms with E-state index in [4.69, 9.17) is 16.3 Å². The fourth-order valence-corrected chi connectivity index (χ4v) is 3.33. The molecule has 1 aromatic carbocycles. The molecule has 0 spiro atoms. The Morgan fingerprint density at radius 3 is 2.64 bits per heavy atom. The van der Waals surface area contributed by atoms with E-state index in [9.17, 15) is 13.2 Å². The highest BCUT2D eigenvalue weighted by atomic mass is 35.5. The van der Waals surface area contributed by atoms with Gasteiger partial charge in [0.2, 0.25) is 0 Å². The van der Waals surface area contributed by atoms with E-state index in [0.717, 1.165) is 32.1 Å². The molecule has 3 rings (SSSR count). The maximum atomic E-state index is 14.4. The van der Waals surface area contributed by atoms with E-state index < -0.39 is 23.8 Å². The Morgan fingerprint density at radius 2 is 1.93 bits per heavy atom. The lowest BCUT2D eigenvalue weighted by atomic mass is 10.0. The maximum Gasteiger partial charge on any atom is 0.266 e. The molecule has 2 N–H and O–H groups in total. The number of ether oxygens (including phenoxy) is 1. The Kier molecular flexibility index (Phi) is 6.96. The number of alkyl halides is 2. The first-order valence-corrected chi connectivity index (χ1v) is 9.51. The topological polar surface area (TPSA) is 59.1 Å². The van der Waals surface area contributed by atoms with Crippen LogP contribution in [0.25, 0.3) is 0 Å². The molecule has 0 bridgehead atoms. The van der Waals surface area contributed by atoms with E-state index in [2.05, 4.69) is 20.8 Å². The fourth-order valence-electron chi connectivity index (χ4n) is 3.18. The molecular weight excluding hydrogens is 393 g/mol. The van der Waals surface area contributed by atoms with Gasteiger partial charge in [0.25, 0.3) is 6.43 Å². The molecule has 0 amide bonds. The predicted molar refractivity (Wildman–Crippen MR) is 102 cm³/mol. The van der Waals surface area contributed by atoms with Gasteiger partial charge in [-0.2, -0.15) is 0 Å². The second kappa shape index (κ2) is 9.43. The number of benzene rings is 1. The van der Waals surface area contributed by atoms with E-state index in [1.54, 1.807) is 13.0 Å². The van der Waals surface area contributed by atoms with Crippen LogP contribution in [0, 0.1) is 11.7 Å². The Bertz CT molecular complexity index is 803. The molecule has 0 radical (unpaired) electrons. The maximum absolute atomic E-state index is 14.4. The SMILES string of the molecule is C[C@@H](Nc1cc(Cl)nnc1NCC1CCOCC1)c1cccc(C(F)F)c1F. The van der Waals surface area contributed by atoms with Crippen molar-refractivity contribution in [2.45, 2.75) is 32.2 Å². The summed E-state index contributed by atoms with van der Waals surface area (Å²) in [7, 11) is 0. The average molecular weight is 415 g/mol. The summed E-state index contributed by atoms with van der Waals surface area (Å²) in [5.41, 5.74) is 0.0532. The fraction of sp³-hybridized carbons (Fsp3) is 0.474. The zero-order valence-corrected chi connectivity index (χ0v) is 16.1. The molecule has 1 atom stereocenters. The summed E-state index contributed by atoms with van der Waals surface area (Å²) < 4.78 is 45.8. The second-order valence-electron chi connectivity index (χ2n) is 6.78. The van der Waals surface area contributed by atoms with E-state index in [1.165, 1.54) is 12.1 Å². The van der Waals surface area contributed by atoms with Crippen LogP contribution in [0.3, 0.4) is 0 Å². The predicted octanol–water partition coefficient (Wildman–Crippen LogP) is 5.22. The second-order valence-corrected chi connectivity index (χ2v) is 7.17. The van der Waals surface area contributed by atoms with E-state index in [-0.39, 0.29) is 10.7 Å². The minimum Gasteiger partial charge on any atom is -0.381 e. The summed E-state index contributed by atoms with van der Waals surface area (Å²) in [4.78, 5) is 0. The van der Waals surface area contributed by atoms with Crippen LogP contribution in [0.4, 0.5) is 24.7 Å². The van der Waals surface area contributed by atoms with Gasteiger partial charge in [0.05, 0.1) is 17.3 Å². The molecular formula is C19H22ClF3N4O. The van der Waals surface area contributed by atoms with Crippen LogP contribution < -0.4 is 10.6 Å². The van der Waals surface area contributed by atoms with Crippen molar-refractivity contribution in [2.24, 2.45) is 5.92 Å². The van der Waals surface area contributed by atoms with Crippen molar-refractivity contribution >= 4 is 23.1 Å². The van der Waals surface area contributed by atoms with Crippen LogP contribution in [-0.2, 0) is 4.74 Å². The van der Waals surface area contributed by atoms with Crippen molar-refractivity contribution in [3.05, 3.63) is 46.4 Å². The largest absolute Gasteiger partial charge is 0.381 e. The van der Waals surface area contributed by atoms with Crippen molar-refractivity contribution < 1.29 is 17.9 Å². The van der Waals surface area contributed by atoms with Crippen LogP contribution in [0.5, 0.6) is 0 Å². The van der Waals surface area contributed by atoms with Crippen LogP contribution >= 0.6 is 11.6 Å². The van der Waals surface area contributed by atoms with Gasteiger partial charge in [-0.25, -0.2) is 13.2 Å². The minimum atomic E-state index is -2.87. The van der Waals surface area contributed by atoms with Gasteiger partial charge >= 0.3 is 0 Å². The summed E-state index contributed by atoms with van der Waals surface area (Å²) >= 11 is 5.96. The smallest absolute Gasteiger partial charge is 0.266 e. The number of nitrogens with zero attached hydrogens (tertiary/aromatic N) is 2. The lowest BCUT2D eigenvalue weighted by Gasteiger charge is -2.24. The minimum absolute atomic E-state index is 0.140. The first-order valence-electron chi connectivity index (χ1n) is 9.13. The quantitative estimate of drug-likeness (QED) is 0.650. The van der Waals surface area contributed by atoms with Gasteiger partial charge in [-0.1, -0.05) is 29.8 Å². The highest BCUT2D eigenvalue weighted by molar-refractivity contribution is 6.29. The Labute approximate surface area is 166 Å². The first kappa shape index (κ1) is 20.7. The lowest BCUT2D eigenvalue weighted by Crippen LogP contribution is -2.23. The van der Waals surface area contributed by atoms with Crippen molar-refractivity contribution in [1.82, 2.24) is 10.2 Å². The monoisotopic (exact) mass is 414 g/mol. The molecule has 5 nitrogen and oxygen atoms in total. The summed E-state index contributed by atoms with van der Waals surface area (Å²) in [5.74, 6) is 0.0205. The lowest BCUT2D eigenvalue weighted by molar-refractivity contribution is 0.0699. The first-order chi connectivity index (χ1) is 13.5. The van der Waals surface area contributed by atoms with Gasteiger partial charge in [-0.05, 0) is 25.7 Å². The highest BCUT2D eigenvalue weighted by Crippen LogP contribution is 2.31. The Morgan fingerprint density at radius 1 is 1.21 bits per heavy atom. The van der Waals surface area contributed by atoms with Crippen LogP contribution in [0.2, 0.25) is 5.15 Å². The normalized spacial score (nSPS) is 16.2. The molecule has 1 aliphatic heterocycles. The molecule has 0 aliphatic carbocycles. The number of anilines is 2. The summed E-state index contributed by atoms with van der Waals surface area (Å²) in [6, 6.07) is 4.97. The molecule has 152 valence electrons. The third-order valence-electron chi connectivity index (χ3n) is 4.80. The zero-order valence-electron chi connectivity index (χ0n) is 15.4. The summed E-state index contributed by atoms with van der Waals surface area (Å²) in [6.07, 6.45) is -0.960. The van der Waals surface area contributed by atoms with Gasteiger partial charge in [0, 0.05) is 31.4 Å². The number of aromatic nitrogens is 2. The van der Waals surface area contributed by atoms with Crippen molar-refractivity contribution in [1.29, 1.82) is 0 Å². The number of rotatable bonds is 7. The Hall–Kier alpha value is -2.06. The van der Waals surface area contributed by atoms with Gasteiger partial charge < -0.3 is 15.4 Å². The van der Waals surface area contributed by atoms with E-state index in [1.807, 2.05) is 0 Å². The number of halogens is 4. The molecule has 2 heterocycles. The van der Waals surface area contributed by atoms with E-state index in [0.29, 0.717) is 24.0 Å². The molecule has 28 heavy (non-hydrogen) atoms. The molecule has 1 aromatic heterocycles. The van der Waals surface area contributed by atoms with Crippen molar-refractivity contribution in [3.63, 3.8) is 0 Å². The third kappa shape index (κ3) is 5.05. The number of hydrogen-bond acceptors (Lipinski definition) is 5. The standard InChI is InChI=1S/C19H22ClF3N4O/c1-11(13-3-2-4-14(17(13)21)18(22)23)25-15-9-16(20)26-27-19(15)24-10-12-5-7-28-8-6-12/h2-4,9,11-12,18H,5-8,10H2,1H3,(H,24,27)(H,25,26)/t11-/m1/s1. The molecule has 9 heteroatoms. The average Bonchev–Trinajstić information content (AvgIpc) is 2.68.